The Kier molecular flexibility index (Phi) is 6.03. The van der Waals surface area contributed by atoms with Crippen molar-refractivity contribution in [3.8, 4) is 0 Å². The molecule has 1 aliphatic carbocycles. The Hall–Kier alpha value is -0.880. The molecule has 3 rings (SSSR count). The minimum atomic E-state index is -0.554. The van der Waals surface area contributed by atoms with Crippen molar-refractivity contribution in [2.24, 2.45) is 0 Å². The van der Waals surface area contributed by atoms with Crippen molar-refractivity contribution in [3.63, 3.8) is 0 Å². The van der Waals surface area contributed by atoms with Crippen LogP contribution in [-0.2, 0) is 13.0 Å². The Morgan fingerprint density at radius 2 is 2.09 bits per heavy atom. The molecule has 22 heavy (non-hydrogen) atoms. The van der Waals surface area contributed by atoms with Crippen LogP contribution in [0, 0.1) is 4.77 Å². The molecule has 1 aromatic heterocycles. The van der Waals surface area contributed by atoms with Crippen molar-refractivity contribution in [3.05, 3.63) is 45.9 Å². The lowest BCUT2D eigenvalue weighted by molar-refractivity contribution is 0.149. The highest BCUT2D eigenvalue weighted by Gasteiger charge is 2.34. The summed E-state index contributed by atoms with van der Waals surface area (Å²) in [6.07, 6.45) is 3.87. The molecule has 1 aromatic carbocycles. The first-order valence-corrected chi connectivity index (χ1v) is 8.24. The van der Waals surface area contributed by atoms with E-state index in [1.807, 2.05) is 24.3 Å². The van der Waals surface area contributed by atoms with Crippen molar-refractivity contribution in [2.45, 2.75) is 43.7 Å². The zero-order chi connectivity index (χ0) is 16.2. The average molecular weight is 360 g/mol. The maximum Gasteiger partial charge on any atom is 0.215 e. The second-order valence-corrected chi connectivity index (χ2v) is 7.33. The van der Waals surface area contributed by atoms with Crippen LogP contribution in [0.15, 0.2) is 30.6 Å². The molecule has 0 radical (unpaired) electrons. The van der Waals surface area contributed by atoms with Crippen LogP contribution < -0.4 is 0 Å². The van der Waals surface area contributed by atoms with Crippen LogP contribution in [0.3, 0.4) is 0 Å². The van der Waals surface area contributed by atoms with Gasteiger partial charge in [-0.2, -0.15) is 0 Å². The van der Waals surface area contributed by atoms with E-state index in [9.17, 15) is 5.11 Å². The van der Waals surface area contributed by atoms with Crippen LogP contribution in [-0.4, -0.2) is 30.8 Å². The summed E-state index contributed by atoms with van der Waals surface area (Å²) in [5.74, 6) is 0. The highest BCUT2D eigenvalue weighted by molar-refractivity contribution is 7.71. The summed E-state index contributed by atoms with van der Waals surface area (Å²) in [5, 5.41) is 13.5. The number of H-pyrrole nitrogens is 1. The number of aliphatic hydroxyl groups is 1. The van der Waals surface area contributed by atoms with Gasteiger partial charge in [0, 0.05) is 16.3 Å². The van der Waals surface area contributed by atoms with Crippen LogP contribution in [0.2, 0.25) is 5.02 Å². The topological polar surface area (TPSA) is 53.8 Å². The first kappa shape index (κ1) is 17.5. The molecule has 0 saturated heterocycles. The molecule has 1 aliphatic rings. The van der Waals surface area contributed by atoms with Crippen LogP contribution in [0.1, 0.15) is 25.3 Å². The lowest BCUT2D eigenvalue weighted by atomic mass is 10.1. The van der Waals surface area contributed by atoms with E-state index in [-0.39, 0.29) is 4.87 Å². The van der Waals surface area contributed by atoms with Crippen molar-refractivity contribution < 1.29 is 5.11 Å². The van der Waals surface area contributed by atoms with Gasteiger partial charge in [-0.15, -0.1) is 11.6 Å². The number of halogens is 2. The summed E-state index contributed by atoms with van der Waals surface area (Å²) < 4.78 is 2.06. The van der Waals surface area contributed by atoms with E-state index in [0.717, 1.165) is 5.56 Å². The first-order chi connectivity index (χ1) is 10.4. The van der Waals surface area contributed by atoms with Crippen LogP contribution >= 0.6 is 35.4 Å². The van der Waals surface area contributed by atoms with Gasteiger partial charge in [0.25, 0.3) is 0 Å². The molecule has 1 heterocycles. The number of alkyl halides is 1. The molecule has 1 atom stereocenters. The summed E-state index contributed by atoms with van der Waals surface area (Å²) >= 11 is 16.6. The summed E-state index contributed by atoms with van der Waals surface area (Å²) in [6, 6.07) is 7.47. The predicted molar refractivity (Wildman–Crippen MR) is 92.1 cm³/mol. The fraction of sp³-hybridized carbons (Fsp3) is 0.467. The Morgan fingerprint density at radius 3 is 2.59 bits per heavy atom. The monoisotopic (exact) mass is 359 g/mol. The van der Waals surface area contributed by atoms with Crippen molar-refractivity contribution in [2.75, 3.05) is 0 Å². The molecule has 1 fully saturated rings. The van der Waals surface area contributed by atoms with Gasteiger partial charge in [0.1, 0.15) is 6.33 Å². The van der Waals surface area contributed by atoms with Gasteiger partial charge in [0.15, 0.2) is 0 Å². The van der Waals surface area contributed by atoms with E-state index in [4.69, 9.17) is 35.4 Å². The van der Waals surface area contributed by atoms with E-state index >= 15 is 0 Å². The summed E-state index contributed by atoms with van der Waals surface area (Å²) in [5.41, 5.74) is 0.924. The lowest BCUT2D eigenvalue weighted by Gasteiger charge is -2.11. The smallest absolute Gasteiger partial charge is 0.215 e. The number of hydrogen-bond acceptors (Lipinski definition) is 3. The van der Waals surface area contributed by atoms with E-state index in [1.165, 1.54) is 19.2 Å². The van der Waals surface area contributed by atoms with E-state index in [1.54, 1.807) is 4.68 Å². The van der Waals surface area contributed by atoms with Crippen molar-refractivity contribution >= 4 is 35.4 Å². The van der Waals surface area contributed by atoms with Gasteiger partial charge in [0.05, 0.1) is 12.6 Å². The molecular weight excluding hydrogens is 341 g/mol. The maximum absolute atomic E-state index is 9.95. The number of rotatable bonds is 4. The highest BCUT2D eigenvalue weighted by atomic mass is 35.5. The molecule has 0 aliphatic heterocycles. The molecule has 7 heteroatoms. The normalized spacial score (nSPS) is 16.5. The zero-order valence-electron chi connectivity index (χ0n) is 12.3. The molecule has 0 bridgehead atoms. The zero-order valence-corrected chi connectivity index (χ0v) is 14.6. The largest absolute Gasteiger partial charge is 0.391 e. The Balaban J connectivity index is 0.000000299. The number of nitrogens with one attached hydrogen (secondary N) is 1. The fourth-order valence-corrected chi connectivity index (χ4v) is 2.26. The summed E-state index contributed by atoms with van der Waals surface area (Å²) in [6.45, 7) is 2.44. The third-order valence-electron chi connectivity index (χ3n) is 3.37. The molecule has 0 amide bonds. The number of aromatic nitrogens is 3. The molecule has 0 spiro atoms. The average Bonchev–Trinajstić information content (AvgIpc) is 3.00. The molecule has 2 N–H and O–H groups in total. The number of aliphatic hydroxyl groups excluding tert-OH is 1. The van der Waals surface area contributed by atoms with Crippen LogP contribution in [0.25, 0.3) is 0 Å². The Bertz CT molecular complexity index is 663. The van der Waals surface area contributed by atoms with E-state index in [0.29, 0.717) is 22.8 Å². The van der Waals surface area contributed by atoms with Gasteiger partial charge in [-0.1, -0.05) is 29.8 Å². The second kappa shape index (κ2) is 7.59. The number of hydrogen-bond donors (Lipinski definition) is 2. The van der Waals surface area contributed by atoms with Gasteiger partial charge in [-0.3, -0.25) is 9.78 Å². The molecular formula is C15H19Cl2N3OS. The molecule has 120 valence electrons. The minimum Gasteiger partial charge on any atom is -0.391 e. The van der Waals surface area contributed by atoms with Gasteiger partial charge >= 0.3 is 0 Å². The minimum absolute atomic E-state index is 0.222. The number of benzene rings is 1. The van der Waals surface area contributed by atoms with Crippen molar-refractivity contribution in [1.29, 1.82) is 0 Å². The molecule has 1 unspecified atom stereocenters. The SMILES string of the molecule is CC1(Cl)CC1.OC(Cc1ccccc1Cl)Cn1[nH]cnc1=S. The van der Waals surface area contributed by atoms with Gasteiger partial charge < -0.3 is 5.11 Å². The van der Waals surface area contributed by atoms with Crippen LogP contribution in [0.4, 0.5) is 0 Å². The summed E-state index contributed by atoms with van der Waals surface area (Å²) in [4.78, 5) is 4.10. The third-order valence-corrected chi connectivity index (χ3v) is 4.44. The van der Waals surface area contributed by atoms with E-state index in [2.05, 4.69) is 17.0 Å². The Labute approximate surface area is 145 Å². The highest BCUT2D eigenvalue weighted by Crippen LogP contribution is 2.41. The quantitative estimate of drug-likeness (QED) is 0.641. The predicted octanol–water partition coefficient (Wildman–Crippen LogP) is 3.98. The standard InChI is InChI=1S/C11H12ClN3OS.C4H7Cl/c12-10-4-2-1-3-8(10)5-9(16)6-15-11(17)13-7-14-15;1-4(5)2-3-4/h1-4,7,9,16H,5-6H2,(H,13,14,17);2-3H2,1H3. The van der Waals surface area contributed by atoms with Crippen molar-refractivity contribution in [1.82, 2.24) is 14.8 Å². The van der Waals surface area contributed by atoms with Gasteiger partial charge in [-0.05, 0) is 43.6 Å². The van der Waals surface area contributed by atoms with Gasteiger partial charge in [0.2, 0.25) is 4.77 Å². The fourth-order valence-electron chi connectivity index (χ4n) is 1.77. The lowest BCUT2D eigenvalue weighted by Crippen LogP contribution is -2.19. The Morgan fingerprint density at radius 1 is 1.45 bits per heavy atom. The molecule has 2 aromatic rings. The molecule has 1 saturated carbocycles. The second-order valence-electron chi connectivity index (χ2n) is 5.64. The third kappa shape index (κ3) is 5.72. The maximum atomic E-state index is 9.95. The van der Waals surface area contributed by atoms with E-state index < -0.39 is 6.10 Å². The number of nitrogens with zero attached hydrogens (tertiary/aromatic N) is 2. The summed E-state index contributed by atoms with van der Waals surface area (Å²) in [7, 11) is 0. The first-order valence-electron chi connectivity index (χ1n) is 7.08. The van der Waals surface area contributed by atoms with Crippen LogP contribution in [0.5, 0.6) is 0 Å². The van der Waals surface area contributed by atoms with Gasteiger partial charge in [-0.25, -0.2) is 4.98 Å². The number of aromatic amines is 1. The molecule has 4 nitrogen and oxygen atoms in total.